The van der Waals surface area contributed by atoms with Crippen molar-refractivity contribution in [2.45, 2.75) is 84.7 Å². The lowest BCUT2D eigenvalue weighted by molar-refractivity contribution is -0.172. The summed E-state index contributed by atoms with van der Waals surface area (Å²) in [6, 6.07) is 19.2. The summed E-state index contributed by atoms with van der Waals surface area (Å²) >= 11 is 0. The number of phenolic OH excluding ortho intramolecular Hbond substituents is 2. The summed E-state index contributed by atoms with van der Waals surface area (Å²) in [5, 5.41) is 41.2. The number of cyclic esters (lactones) is 1. The Labute approximate surface area is 346 Å². The van der Waals surface area contributed by atoms with Crippen LogP contribution in [0.3, 0.4) is 0 Å². The minimum Gasteiger partial charge on any atom is -0.508 e. The molecule has 2 atom stereocenters. The zero-order valence-electron chi connectivity index (χ0n) is 34.4. The summed E-state index contributed by atoms with van der Waals surface area (Å²) in [4.78, 5) is 48.3. The van der Waals surface area contributed by atoms with Crippen molar-refractivity contribution in [3.63, 3.8) is 0 Å². The molecule has 0 spiro atoms. The first-order chi connectivity index (χ1) is 28.8. The molecule has 1 amide bonds. The number of H-pyrrole nitrogens is 1. The van der Waals surface area contributed by atoms with Crippen LogP contribution < -0.4 is 5.56 Å². The van der Waals surface area contributed by atoms with Crippen LogP contribution in [-0.2, 0) is 46.0 Å². The van der Waals surface area contributed by atoms with Gasteiger partial charge in [0.1, 0.15) is 23.8 Å². The van der Waals surface area contributed by atoms with Gasteiger partial charge in [0.05, 0.1) is 35.1 Å². The predicted molar refractivity (Wildman–Crippen MR) is 226 cm³/mol. The number of carbonyl (C=O) groups excluding carboxylic acids is 2. The molecule has 6 aromatic rings. The van der Waals surface area contributed by atoms with Crippen LogP contribution in [0.4, 0.5) is 0 Å². The molecule has 0 radical (unpaired) electrons. The number of amides is 1. The maximum Gasteiger partial charge on any atom is 0.343 e. The highest BCUT2D eigenvalue weighted by molar-refractivity contribution is 5.90. The second-order valence-corrected chi connectivity index (χ2v) is 16.6. The van der Waals surface area contributed by atoms with E-state index in [1.54, 1.807) is 17.6 Å². The van der Waals surface area contributed by atoms with Gasteiger partial charge in [-0.25, -0.2) is 9.78 Å². The van der Waals surface area contributed by atoms with Crippen LogP contribution in [0.1, 0.15) is 90.7 Å². The van der Waals surface area contributed by atoms with Crippen LogP contribution in [0.25, 0.3) is 44.7 Å². The number of benzene rings is 3. The highest BCUT2D eigenvalue weighted by Crippen LogP contribution is 2.43. The third-order valence-corrected chi connectivity index (χ3v) is 12.8. The normalized spacial score (nSPS) is 18.8. The quantitative estimate of drug-likeness (QED) is 0.0925. The molecular weight excluding hydrogens is 761 g/mol. The van der Waals surface area contributed by atoms with Crippen LogP contribution >= 0.6 is 0 Å². The minimum absolute atomic E-state index is 0.0368. The van der Waals surface area contributed by atoms with Crippen LogP contribution in [0.15, 0.2) is 65.5 Å². The Balaban J connectivity index is 0.989. The lowest BCUT2D eigenvalue weighted by atomic mass is 9.86. The fourth-order valence-electron chi connectivity index (χ4n) is 9.47. The summed E-state index contributed by atoms with van der Waals surface area (Å²) in [7, 11) is 0. The van der Waals surface area contributed by atoms with Crippen LogP contribution in [0, 0.1) is 6.92 Å². The third-order valence-electron chi connectivity index (χ3n) is 12.8. The average Bonchev–Trinajstić information content (AvgIpc) is 3.81. The van der Waals surface area contributed by atoms with Gasteiger partial charge < -0.3 is 29.5 Å². The van der Waals surface area contributed by atoms with Crippen molar-refractivity contribution >= 4 is 23.3 Å². The van der Waals surface area contributed by atoms with Crippen LogP contribution in [-0.4, -0.2) is 76.9 Å². The zero-order chi connectivity index (χ0) is 42.2. The van der Waals surface area contributed by atoms with Gasteiger partial charge in [-0.05, 0) is 77.8 Å². The number of nitrogens with one attached hydrogen (secondary N) is 1. The summed E-state index contributed by atoms with van der Waals surface area (Å²) in [6.07, 6.45) is 1.69. The van der Waals surface area contributed by atoms with Gasteiger partial charge in [-0.15, -0.1) is 0 Å². The number of phenols is 2. The Morgan fingerprint density at radius 2 is 1.77 bits per heavy atom. The minimum atomic E-state index is -1.89. The number of fused-ring (bicyclic) bond motifs is 5. The van der Waals surface area contributed by atoms with Crippen molar-refractivity contribution in [2.24, 2.45) is 0 Å². The molecular formula is C47H48N6O7. The van der Waals surface area contributed by atoms with Crippen LogP contribution in [0.2, 0.25) is 0 Å². The molecule has 1 saturated heterocycles. The van der Waals surface area contributed by atoms with Crippen molar-refractivity contribution in [3.8, 4) is 45.3 Å². The Kier molecular flexibility index (Phi) is 9.63. The molecule has 13 heteroatoms. The largest absolute Gasteiger partial charge is 0.508 e. The van der Waals surface area contributed by atoms with Gasteiger partial charge in [0.15, 0.2) is 5.60 Å². The number of aliphatic hydroxyl groups is 1. The molecule has 3 aromatic carbocycles. The molecule has 9 rings (SSSR count). The molecule has 1 fully saturated rings. The molecule has 13 nitrogen and oxygen atoms in total. The summed E-state index contributed by atoms with van der Waals surface area (Å²) in [5.74, 6) is -0.671. The Bertz CT molecular complexity index is 2790. The van der Waals surface area contributed by atoms with E-state index in [-0.39, 0.29) is 42.0 Å². The number of ether oxygens (including phenoxy) is 1. The first kappa shape index (κ1) is 39.2. The van der Waals surface area contributed by atoms with Gasteiger partial charge in [-0.1, -0.05) is 58.0 Å². The average molecular weight is 809 g/mol. The molecule has 60 heavy (non-hydrogen) atoms. The second kappa shape index (κ2) is 14.8. The van der Waals surface area contributed by atoms with E-state index >= 15 is 0 Å². The molecule has 308 valence electrons. The number of hydrogen-bond donors (Lipinski definition) is 4. The number of aromatic nitrogens is 4. The smallest absolute Gasteiger partial charge is 0.343 e. The molecule has 3 aliphatic rings. The number of hydrogen-bond acceptors (Lipinski definition) is 10. The van der Waals surface area contributed by atoms with E-state index in [4.69, 9.17) is 9.72 Å². The molecule has 0 bridgehead atoms. The zero-order valence-corrected chi connectivity index (χ0v) is 34.4. The number of piperazine rings is 1. The maximum atomic E-state index is 13.8. The van der Waals surface area contributed by atoms with Crippen molar-refractivity contribution < 1.29 is 29.6 Å². The topological polar surface area (TPSA) is 174 Å². The van der Waals surface area contributed by atoms with Gasteiger partial charge in [0, 0.05) is 65.6 Å². The van der Waals surface area contributed by atoms with Crippen molar-refractivity contribution in [2.75, 3.05) is 19.6 Å². The van der Waals surface area contributed by atoms with E-state index in [1.165, 1.54) is 6.07 Å². The maximum absolute atomic E-state index is 13.8. The SMILES string of the molecule is CCc1c2c(nc3ccc([C@H]4CN(Cc5ccc(-c6c(-c7cc(C(C)C)c(O)cc7O)n[nH]c6C)cc5)CCN4C=O)cc13)-c1cc3c(c(=O)n1C2)COC(=O)C3(O)CC. The molecule has 4 N–H and O–H groups in total. The lowest BCUT2D eigenvalue weighted by Gasteiger charge is -2.40. The van der Waals surface area contributed by atoms with E-state index in [0.29, 0.717) is 72.9 Å². The summed E-state index contributed by atoms with van der Waals surface area (Å²) in [5.41, 5.74) is 9.13. The number of esters is 1. The number of nitrogens with zero attached hydrogens (tertiary/aromatic N) is 5. The molecule has 3 aromatic heterocycles. The monoisotopic (exact) mass is 808 g/mol. The first-order valence-electron chi connectivity index (χ1n) is 20.6. The molecule has 0 saturated carbocycles. The van der Waals surface area contributed by atoms with Crippen molar-refractivity contribution in [1.29, 1.82) is 0 Å². The van der Waals surface area contributed by atoms with Gasteiger partial charge in [0.2, 0.25) is 6.41 Å². The van der Waals surface area contributed by atoms with E-state index < -0.39 is 11.6 Å². The summed E-state index contributed by atoms with van der Waals surface area (Å²) < 4.78 is 6.92. The Morgan fingerprint density at radius 1 is 0.983 bits per heavy atom. The fraction of sp³-hybridized carbons (Fsp3) is 0.340. The number of aromatic hydroxyl groups is 2. The van der Waals surface area contributed by atoms with E-state index in [0.717, 1.165) is 62.0 Å². The number of pyridine rings is 2. The highest BCUT2D eigenvalue weighted by Gasteiger charge is 2.45. The van der Waals surface area contributed by atoms with Gasteiger partial charge >= 0.3 is 5.97 Å². The number of rotatable bonds is 9. The molecule has 1 unspecified atom stereocenters. The van der Waals surface area contributed by atoms with E-state index in [9.17, 15) is 29.7 Å². The number of carbonyl (C=O) groups is 2. The molecule has 6 heterocycles. The van der Waals surface area contributed by atoms with Gasteiger partial charge in [0.25, 0.3) is 5.56 Å². The van der Waals surface area contributed by atoms with E-state index in [2.05, 4.69) is 52.4 Å². The standard InChI is InChI=1S/C47H48N6O7/c1-6-30-32-16-29(12-13-37(32)48-43-34(30)21-53-38(43)18-36-35(45(53)57)23-60-46(58)47(36,59)7-2)39-22-51(14-15-52(39)24-54)20-27-8-10-28(11-9-27)42-26(5)49-50-44(42)33-17-31(25(3)4)40(55)19-41(33)56/h8-13,16-19,24-25,39,55-56,59H,6-7,14-15,20-23H2,1-5H3,(H,49,50)/t39-,47?/m1/s1. The fourth-order valence-corrected chi connectivity index (χ4v) is 9.47. The molecule has 0 aliphatic carbocycles. The summed E-state index contributed by atoms with van der Waals surface area (Å²) in [6.45, 7) is 12.4. The molecule has 3 aliphatic heterocycles. The predicted octanol–water partition coefficient (Wildman–Crippen LogP) is 6.56. The Morgan fingerprint density at radius 3 is 2.48 bits per heavy atom. The van der Waals surface area contributed by atoms with Crippen molar-refractivity contribution in [3.05, 3.63) is 116 Å². The van der Waals surface area contributed by atoms with Gasteiger partial charge in [-0.3, -0.25) is 19.6 Å². The third kappa shape index (κ3) is 6.17. The Hall–Kier alpha value is -6.31. The van der Waals surface area contributed by atoms with Crippen molar-refractivity contribution in [1.82, 2.24) is 29.5 Å². The second-order valence-electron chi connectivity index (χ2n) is 16.6. The van der Waals surface area contributed by atoms with Crippen LogP contribution in [0.5, 0.6) is 11.5 Å². The first-order valence-corrected chi connectivity index (χ1v) is 20.6. The lowest BCUT2D eigenvalue weighted by Crippen LogP contribution is -2.47. The number of aryl methyl sites for hydroxylation is 2. The highest BCUT2D eigenvalue weighted by atomic mass is 16.6. The van der Waals surface area contributed by atoms with E-state index in [1.807, 2.05) is 43.9 Å². The van der Waals surface area contributed by atoms with Gasteiger partial charge in [-0.2, -0.15) is 5.10 Å². The number of aromatic amines is 1.